The second-order valence-electron chi connectivity index (χ2n) is 6.13. The monoisotopic (exact) mass is 288 g/mol. The molecule has 0 radical (unpaired) electrons. The number of ether oxygens (including phenoxy) is 1. The fraction of sp³-hybridized carbons (Fsp3) is 0.588. The summed E-state index contributed by atoms with van der Waals surface area (Å²) in [5, 5.41) is 6.51. The van der Waals surface area contributed by atoms with Crippen molar-refractivity contribution in [3.05, 3.63) is 35.4 Å². The maximum atomic E-state index is 12.7. The molecular weight excluding hydrogens is 264 g/mol. The average Bonchev–Trinajstić information content (AvgIpc) is 2.98. The Morgan fingerprint density at radius 2 is 2.24 bits per heavy atom. The molecule has 21 heavy (non-hydrogen) atoms. The largest absolute Gasteiger partial charge is 0.380 e. The molecule has 3 rings (SSSR count). The number of aryl methyl sites for hydroxylation is 1. The van der Waals surface area contributed by atoms with Gasteiger partial charge in [-0.2, -0.15) is 0 Å². The lowest BCUT2D eigenvalue weighted by molar-refractivity contribution is -0.141. The molecule has 0 bridgehead atoms. The van der Waals surface area contributed by atoms with Gasteiger partial charge in [0.15, 0.2) is 0 Å². The molecule has 0 unspecified atom stereocenters. The number of amides is 1. The van der Waals surface area contributed by atoms with Gasteiger partial charge in [-0.1, -0.05) is 31.2 Å². The van der Waals surface area contributed by atoms with E-state index in [9.17, 15) is 4.79 Å². The molecule has 2 heterocycles. The molecule has 0 aliphatic carbocycles. The number of carbonyl (C=O) groups is 1. The number of fused-ring (bicyclic) bond motifs is 1. The van der Waals surface area contributed by atoms with E-state index in [1.54, 1.807) is 0 Å². The van der Waals surface area contributed by atoms with Gasteiger partial charge in [0.2, 0.25) is 5.91 Å². The van der Waals surface area contributed by atoms with E-state index < -0.39 is 0 Å². The highest BCUT2D eigenvalue weighted by Gasteiger charge is 2.50. The van der Waals surface area contributed by atoms with Crippen molar-refractivity contribution in [3.63, 3.8) is 0 Å². The summed E-state index contributed by atoms with van der Waals surface area (Å²) >= 11 is 0. The van der Waals surface area contributed by atoms with Crippen LogP contribution in [0, 0.1) is 11.3 Å². The summed E-state index contributed by atoms with van der Waals surface area (Å²) in [6.07, 6.45) is 1.97. The van der Waals surface area contributed by atoms with E-state index in [2.05, 4.69) is 35.8 Å². The number of rotatable bonds is 4. The van der Waals surface area contributed by atoms with E-state index in [0.717, 1.165) is 32.5 Å². The van der Waals surface area contributed by atoms with Crippen molar-refractivity contribution in [2.75, 3.05) is 26.3 Å². The van der Waals surface area contributed by atoms with E-state index in [-0.39, 0.29) is 11.3 Å². The molecule has 2 fully saturated rings. The molecule has 2 aliphatic rings. The van der Waals surface area contributed by atoms with Gasteiger partial charge in [0.05, 0.1) is 12.0 Å². The number of benzene rings is 1. The molecule has 0 spiro atoms. The summed E-state index contributed by atoms with van der Waals surface area (Å²) in [7, 11) is 0. The summed E-state index contributed by atoms with van der Waals surface area (Å²) in [5.41, 5.74) is 2.15. The van der Waals surface area contributed by atoms with Gasteiger partial charge in [-0.25, -0.2) is 0 Å². The Morgan fingerprint density at radius 1 is 1.43 bits per heavy atom. The highest BCUT2D eigenvalue weighted by Crippen LogP contribution is 2.37. The zero-order chi connectivity index (χ0) is 14.7. The first-order chi connectivity index (χ1) is 10.3. The van der Waals surface area contributed by atoms with Crippen molar-refractivity contribution in [2.24, 2.45) is 11.3 Å². The van der Waals surface area contributed by atoms with E-state index in [1.165, 1.54) is 11.1 Å². The molecule has 2 saturated heterocycles. The standard InChI is InChI=1S/C17H24N2O2/c1-2-13-5-3-4-6-14(13)9-19-16(20)17-11-18-10-15(17)7-8-21-12-17/h3-6,15,18H,2,7-12H2,1H3,(H,19,20)/t15-,17+/m1/s1. The third-order valence-electron chi connectivity index (χ3n) is 4.97. The van der Waals surface area contributed by atoms with E-state index in [4.69, 9.17) is 4.74 Å². The van der Waals surface area contributed by atoms with Gasteiger partial charge in [0, 0.05) is 19.7 Å². The highest BCUT2D eigenvalue weighted by atomic mass is 16.5. The molecule has 2 N–H and O–H groups in total. The smallest absolute Gasteiger partial charge is 0.230 e. The third kappa shape index (κ3) is 2.70. The fourth-order valence-electron chi connectivity index (χ4n) is 3.59. The van der Waals surface area contributed by atoms with E-state index in [1.807, 2.05) is 6.07 Å². The van der Waals surface area contributed by atoms with Gasteiger partial charge in [0.1, 0.15) is 0 Å². The van der Waals surface area contributed by atoms with Crippen molar-refractivity contribution >= 4 is 5.91 Å². The minimum absolute atomic E-state index is 0.142. The van der Waals surface area contributed by atoms with Gasteiger partial charge in [0.25, 0.3) is 0 Å². The van der Waals surface area contributed by atoms with Crippen LogP contribution in [0.2, 0.25) is 0 Å². The van der Waals surface area contributed by atoms with Gasteiger partial charge in [-0.15, -0.1) is 0 Å². The summed E-state index contributed by atoms with van der Waals surface area (Å²) in [6, 6.07) is 8.30. The normalized spacial score (nSPS) is 28.1. The molecule has 0 aromatic heterocycles. The maximum absolute atomic E-state index is 12.7. The van der Waals surface area contributed by atoms with Crippen LogP contribution in [-0.2, 0) is 22.5 Å². The molecule has 1 aromatic rings. The quantitative estimate of drug-likeness (QED) is 0.882. The molecule has 114 valence electrons. The van der Waals surface area contributed by atoms with Crippen molar-refractivity contribution < 1.29 is 9.53 Å². The van der Waals surface area contributed by atoms with Crippen LogP contribution in [0.25, 0.3) is 0 Å². The number of carbonyl (C=O) groups excluding carboxylic acids is 1. The summed E-state index contributed by atoms with van der Waals surface area (Å²) < 4.78 is 5.60. The Kier molecular flexibility index (Phi) is 4.27. The van der Waals surface area contributed by atoms with Crippen molar-refractivity contribution in [3.8, 4) is 0 Å². The lowest BCUT2D eigenvalue weighted by atomic mass is 9.75. The molecule has 2 aliphatic heterocycles. The van der Waals surface area contributed by atoms with Gasteiger partial charge in [-0.3, -0.25) is 4.79 Å². The molecule has 4 nitrogen and oxygen atoms in total. The lowest BCUT2D eigenvalue weighted by Crippen LogP contribution is -2.51. The van der Waals surface area contributed by atoms with Gasteiger partial charge < -0.3 is 15.4 Å². The Balaban J connectivity index is 1.68. The second-order valence-corrected chi connectivity index (χ2v) is 6.13. The molecular formula is C17H24N2O2. The Bertz CT molecular complexity index is 517. The topological polar surface area (TPSA) is 50.4 Å². The summed E-state index contributed by atoms with van der Waals surface area (Å²) in [5.74, 6) is 0.552. The number of nitrogens with one attached hydrogen (secondary N) is 2. The first-order valence-electron chi connectivity index (χ1n) is 7.90. The van der Waals surface area contributed by atoms with Gasteiger partial charge >= 0.3 is 0 Å². The fourth-order valence-corrected chi connectivity index (χ4v) is 3.59. The van der Waals surface area contributed by atoms with Crippen LogP contribution in [0.1, 0.15) is 24.5 Å². The zero-order valence-electron chi connectivity index (χ0n) is 12.7. The molecule has 0 saturated carbocycles. The van der Waals surface area contributed by atoms with Crippen LogP contribution >= 0.6 is 0 Å². The number of hydrogen-bond acceptors (Lipinski definition) is 3. The average molecular weight is 288 g/mol. The second kappa shape index (κ2) is 6.16. The first-order valence-corrected chi connectivity index (χ1v) is 7.90. The highest BCUT2D eigenvalue weighted by molar-refractivity contribution is 5.84. The van der Waals surface area contributed by atoms with Crippen LogP contribution in [0.5, 0.6) is 0 Å². The Labute approximate surface area is 126 Å². The third-order valence-corrected chi connectivity index (χ3v) is 4.97. The maximum Gasteiger partial charge on any atom is 0.230 e. The molecule has 1 aromatic carbocycles. The van der Waals surface area contributed by atoms with Crippen molar-refractivity contribution in [1.29, 1.82) is 0 Å². The Hall–Kier alpha value is -1.39. The summed E-state index contributed by atoms with van der Waals surface area (Å²) in [6.45, 7) is 5.75. The van der Waals surface area contributed by atoms with Crippen molar-refractivity contribution in [2.45, 2.75) is 26.3 Å². The predicted molar refractivity (Wildman–Crippen MR) is 81.9 cm³/mol. The molecule has 2 atom stereocenters. The lowest BCUT2D eigenvalue weighted by Gasteiger charge is -2.36. The van der Waals surface area contributed by atoms with Crippen LogP contribution in [0.4, 0.5) is 0 Å². The van der Waals surface area contributed by atoms with E-state index >= 15 is 0 Å². The van der Waals surface area contributed by atoms with Crippen LogP contribution < -0.4 is 10.6 Å². The van der Waals surface area contributed by atoms with E-state index in [0.29, 0.717) is 19.1 Å². The minimum Gasteiger partial charge on any atom is -0.380 e. The predicted octanol–water partition coefficient (Wildman–Crippen LogP) is 1.49. The molecule has 1 amide bonds. The van der Waals surface area contributed by atoms with Crippen LogP contribution in [0.15, 0.2) is 24.3 Å². The zero-order valence-corrected chi connectivity index (χ0v) is 12.7. The van der Waals surface area contributed by atoms with Gasteiger partial charge in [-0.05, 0) is 36.4 Å². The van der Waals surface area contributed by atoms with Crippen LogP contribution in [0.3, 0.4) is 0 Å². The SMILES string of the molecule is CCc1ccccc1CNC(=O)[C@]12CNC[C@H]1CCOC2. The Morgan fingerprint density at radius 3 is 3.05 bits per heavy atom. The van der Waals surface area contributed by atoms with Crippen molar-refractivity contribution in [1.82, 2.24) is 10.6 Å². The minimum atomic E-state index is -0.362. The number of hydrogen-bond donors (Lipinski definition) is 2. The summed E-state index contributed by atoms with van der Waals surface area (Å²) in [4.78, 5) is 12.7. The molecule has 4 heteroatoms. The van der Waals surface area contributed by atoms with Crippen LogP contribution in [-0.4, -0.2) is 32.2 Å². The first kappa shape index (κ1) is 14.5.